The molecule has 0 spiro atoms. The molecule has 0 radical (unpaired) electrons. The lowest BCUT2D eigenvalue weighted by Crippen LogP contribution is -2.37. The molecule has 112 valence electrons. The van der Waals surface area contributed by atoms with E-state index in [0.717, 1.165) is 12.5 Å². The van der Waals surface area contributed by atoms with E-state index < -0.39 is 33.5 Å². The Balaban J connectivity index is 2.21. The summed E-state index contributed by atoms with van der Waals surface area (Å²) < 4.78 is 14.5. The Hall–Kier alpha value is -3.64. The molecular weight excluding hydrogens is 303 g/mol. The first-order valence-corrected chi connectivity index (χ1v) is 5.59. The van der Waals surface area contributed by atoms with Gasteiger partial charge in [0.25, 0.3) is 5.56 Å². The minimum atomic E-state index is -1.36. The van der Waals surface area contributed by atoms with E-state index in [1.54, 1.807) is 0 Å². The van der Waals surface area contributed by atoms with Crippen molar-refractivity contribution in [2.45, 2.75) is 0 Å². The van der Waals surface area contributed by atoms with Crippen LogP contribution in [0.2, 0.25) is 0 Å². The van der Waals surface area contributed by atoms with Crippen LogP contribution in [0.3, 0.4) is 0 Å². The molecule has 3 rings (SSSR count). The monoisotopic (exact) mass is 308 g/mol. The number of nitrogens with one attached hydrogen (secondary N) is 3. The molecule has 22 heavy (non-hydrogen) atoms. The Kier molecular flexibility index (Phi) is 2.87. The summed E-state index contributed by atoms with van der Waals surface area (Å²) in [7, 11) is 0. The molecule has 0 aliphatic carbocycles. The van der Waals surface area contributed by atoms with Crippen LogP contribution >= 0.6 is 0 Å². The first kappa shape index (κ1) is 13.3. The van der Waals surface area contributed by atoms with Crippen molar-refractivity contribution in [3.63, 3.8) is 0 Å². The first-order valence-electron chi connectivity index (χ1n) is 5.59. The van der Waals surface area contributed by atoms with Crippen LogP contribution in [0.1, 0.15) is 0 Å². The molecule has 0 atom stereocenters. The molecule has 0 bridgehead atoms. The number of hydrogen-bond acceptors (Lipinski definition) is 7. The molecule has 0 fully saturated rings. The van der Waals surface area contributed by atoms with E-state index in [4.69, 9.17) is 0 Å². The van der Waals surface area contributed by atoms with Gasteiger partial charge >= 0.3 is 11.5 Å². The van der Waals surface area contributed by atoms with Gasteiger partial charge in [-0.3, -0.25) is 9.78 Å². The number of H-pyrrole nitrogens is 3. The van der Waals surface area contributed by atoms with E-state index >= 15 is 0 Å². The molecule has 0 aromatic carbocycles. The van der Waals surface area contributed by atoms with Crippen LogP contribution in [-0.2, 0) is 0 Å². The lowest BCUT2D eigenvalue weighted by atomic mass is 10.3. The molecule has 3 heterocycles. The van der Waals surface area contributed by atoms with E-state index in [1.807, 2.05) is 0 Å². The second-order valence-electron chi connectivity index (χ2n) is 3.94. The van der Waals surface area contributed by atoms with E-state index in [-0.39, 0.29) is 11.8 Å². The molecule has 0 aliphatic heterocycles. The molecule has 3 N–H and O–H groups in total. The molecular formula is C9H5FN8O4. The quantitative estimate of drug-likeness (QED) is 0.415. The van der Waals surface area contributed by atoms with E-state index in [1.165, 1.54) is 0 Å². The Morgan fingerprint density at radius 3 is 2.64 bits per heavy atom. The summed E-state index contributed by atoms with van der Waals surface area (Å²) in [5.41, 5.74) is -2.93. The number of hydrogen-bond donors (Lipinski definition) is 3. The fourth-order valence-electron chi connectivity index (χ4n) is 1.71. The van der Waals surface area contributed by atoms with Crippen molar-refractivity contribution in [1.82, 2.24) is 34.7 Å². The molecule has 12 nitrogen and oxygen atoms in total. The second-order valence-corrected chi connectivity index (χ2v) is 3.94. The number of halogens is 1. The fourth-order valence-corrected chi connectivity index (χ4v) is 1.71. The van der Waals surface area contributed by atoms with Gasteiger partial charge in [0.1, 0.15) is 12.5 Å². The van der Waals surface area contributed by atoms with E-state index in [9.17, 15) is 24.1 Å². The largest absolute Gasteiger partial charge is 0.358 e. The minimum absolute atomic E-state index is 0.276. The van der Waals surface area contributed by atoms with Crippen molar-refractivity contribution < 1.29 is 9.31 Å². The number of nitro groups is 1. The van der Waals surface area contributed by atoms with Crippen molar-refractivity contribution in [2.75, 3.05) is 0 Å². The zero-order valence-electron chi connectivity index (χ0n) is 10.4. The maximum Gasteiger partial charge on any atom is 0.340 e. The van der Waals surface area contributed by atoms with E-state index in [0.29, 0.717) is 4.57 Å². The lowest BCUT2D eigenvalue weighted by molar-refractivity contribution is -0.389. The van der Waals surface area contributed by atoms with Crippen LogP contribution in [0, 0.1) is 15.9 Å². The summed E-state index contributed by atoms with van der Waals surface area (Å²) in [4.78, 5) is 45.0. The Morgan fingerprint density at radius 1 is 1.27 bits per heavy atom. The number of aromatic amines is 3. The molecule has 3 aromatic heterocycles. The van der Waals surface area contributed by atoms with Gasteiger partial charge in [-0.2, -0.15) is 19.0 Å². The van der Waals surface area contributed by atoms with Crippen molar-refractivity contribution in [3.05, 3.63) is 49.3 Å². The smallest absolute Gasteiger partial charge is 0.340 e. The number of aromatic nitrogens is 7. The van der Waals surface area contributed by atoms with Crippen LogP contribution in [0.5, 0.6) is 0 Å². The third-order valence-corrected chi connectivity index (χ3v) is 2.66. The summed E-state index contributed by atoms with van der Waals surface area (Å²) in [6.45, 7) is 0. The highest BCUT2D eigenvalue weighted by Crippen LogP contribution is 2.16. The van der Waals surface area contributed by atoms with Crippen LogP contribution in [0.4, 0.5) is 10.2 Å². The van der Waals surface area contributed by atoms with Crippen LogP contribution in [-0.4, -0.2) is 39.6 Å². The number of imidazole rings is 1. The normalized spacial score (nSPS) is 10.8. The van der Waals surface area contributed by atoms with Gasteiger partial charge in [0, 0.05) is 0 Å². The average molecular weight is 308 g/mol. The lowest BCUT2D eigenvalue weighted by Gasteiger charge is -2.02. The SMILES string of the molecule is O=c1[nH]c(-c2ncc([N+](=O)[O-])[nH]2)c(F)c(=O)n1-c1ncn[nH]1. The molecule has 0 aliphatic rings. The van der Waals surface area contributed by atoms with Crippen molar-refractivity contribution >= 4 is 5.82 Å². The van der Waals surface area contributed by atoms with Gasteiger partial charge in [0.2, 0.25) is 17.6 Å². The van der Waals surface area contributed by atoms with E-state index in [2.05, 4.69) is 30.1 Å². The van der Waals surface area contributed by atoms with Gasteiger partial charge in [-0.1, -0.05) is 0 Å². The maximum absolute atomic E-state index is 14.1. The van der Waals surface area contributed by atoms with Crippen molar-refractivity contribution in [2.24, 2.45) is 0 Å². The van der Waals surface area contributed by atoms with Crippen molar-refractivity contribution in [1.29, 1.82) is 0 Å². The number of nitrogens with zero attached hydrogens (tertiary/aromatic N) is 5. The van der Waals surface area contributed by atoms with Gasteiger partial charge in [0.05, 0.1) is 0 Å². The Bertz CT molecular complexity index is 968. The highest BCUT2D eigenvalue weighted by molar-refractivity contribution is 5.51. The van der Waals surface area contributed by atoms with Gasteiger partial charge in [0.15, 0.2) is 5.69 Å². The molecule has 0 saturated carbocycles. The summed E-state index contributed by atoms with van der Waals surface area (Å²) in [6.07, 6.45) is 1.86. The number of rotatable bonds is 3. The highest BCUT2D eigenvalue weighted by Gasteiger charge is 2.22. The summed E-state index contributed by atoms with van der Waals surface area (Å²) in [5.74, 6) is -2.51. The molecule has 0 saturated heterocycles. The first-order chi connectivity index (χ1) is 10.5. The topological polar surface area (TPSA) is 168 Å². The van der Waals surface area contributed by atoms with Crippen LogP contribution < -0.4 is 11.2 Å². The predicted molar refractivity (Wildman–Crippen MR) is 66.8 cm³/mol. The van der Waals surface area contributed by atoms with Gasteiger partial charge in [-0.15, -0.1) is 0 Å². The average Bonchev–Trinajstić information content (AvgIpc) is 3.14. The van der Waals surface area contributed by atoms with Crippen LogP contribution in [0.25, 0.3) is 17.5 Å². The summed E-state index contributed by atoms with van der Waals surface area (Å²) in [6, 6.07) is 0. The summed E-state index contributed by atoms with van der Waals surface area (Å²) in [5, 5.41) is 16.2. The zero-order chi connectivity index (χ0) is 15.9. The molecule has 0 unspecified atom stereocenters. The van der Waals surface area contributed by atoms with Crippen molar-refractivity contribution in [3.8, 4) is 17.5 Å². The second kappa shape index (κ2) is 4.72. The predicted octanol–water partition coefficient (Wildman–Crippen LogP) is -0.919. The highest BCUT2D eigenvalue weighted by atomic mass is 19.1. The molecule has 3 aromatic rings. The standard InChI is InChI=1S/C9H5FN8O4/c10-4-5(6-11-1-3(14-6)18(21)22)15-9(20)17(7(4)19)8-12-2-13-16-8/h1-2H,(H,11,14)(H,15,20)(H,12,13,16). The Labute approximate surface area is 117 Å². The Morgan fingerprint density at radius 2 is 2.05 bits per heavy atom. The van der Waals surface area contributed by atoms with Gasteiger partial charge in [-0.25, -0.2) is 19.9 Å². The van der Waals surface area contributed by atoms with Gasteiger partial charge < -0.3 is 10.1 Å². The third kappa shape index (κ3) is 1.96. The summed E-state index contributed by atoms with van der Waals surface area (Å²) >= 11 is 0. The van der Waals surface area contributed by atoms with Crippen LogP contribution in [0.15, 0.2) is 22.1 Å². The third-order valence-electron chi connectivity index (χ3n) is 2.66. The zero-order valence-corrected chi connectivity index (χ0v) is 10.4. The van der Waals surface area contributed by atoms with Gasteiger partial charge in [-0.05, 0) is 4.92 Å². The molecule has 13 heteroatoms. The maximum atomic E-state index is 14.1. The molecule has 0 amide bonds. The minimum Gasteiger partial charge on any atom is -0.358 e. The fraction of sp³-hybridized carbons (Fsp3) is 0.